The fourth-order valence-corrected chi connectivity index (χ4v) is 5.53. The Morgan fingerprint density at radius 3 is 2.57 bits per heavy atom. The van der Waals surface area contributed by atoms with Crippen LogP contribution in [0, 0.1) is 5.41 Å². The van der Waals surface area contributed by atoms with Crippen molar-refractivity contribution in [2.24, 2.45) is 11.1 Å². The third-order valence-electron chi connectivity index (χ3n) is 6.16. The van der Waals surface area contributed by atoms with Gasteiger partial charge in [0.05, 0.1) is 13.2 Å². The average Bonchev–Trinajstić information content (AvgIpc) is 3.23. The van der Waals surface area contributed by atoms with Crippen molar-refractivity contribution in [2.45, 2.75) is 45.9 Å². The average molecular weight is 601 g/mol. The summed E-state index contributed by atoms with van der Waals surface area (Å²) >= 11 is 0. The second-order valence-electron chi connectivity index (χ2n) is 11.0. The van der Waals surface area contributed by atoms with Crippen LogP contribution in [-0.2, 0) is 23.4 Å². The lowest BCUT2D eigenvalue weighted by Gasteiger charge is -2.25. The van der Waals surface area contributed by atoms with Crippen LogP contribution in [-0.4, -0.2) is 53.6 Å². The highest BCUT2D eigenvalue weighted by molar-refractivity contribution is 7.52. The van der Waals surface area contributed by atoms with Crippen LogP contribution in [0.1, 0.15) is 38.1 Å². The summed E-state index contributed by atoms with van der Waals surface area (Å²) in [6.07, 6.45) is 0.0173. The molecule has 4 rings (SSSR count). The molecule has 12 nitrogen and oxygen atoms in total. The first-order valence-electron chi connectivity index (χ1n) is 13.2. The summed E-state index contributed by atoms with van der Waals surface area (Å²) in [6.45, 7) is 6.79. The fourth-order valence-electron chi connectivity index (χ4n) is 4.01. The molecule has 0 spiro atoms. The number of hydrogen-bond donors (Lipinski definition) is 4. The van der Waals surface area contributed by atoms with E-state index in [1.807, 2.05) is 39.0 Å². The number of carbonyl (C=O) groups is 2. The molecule has 1 aliphatic rings. The smallest absolute Gasteiger partial charge is 0.459 e. The summed E-state index contributed by atoms with van der Waals surface area (Å²) in [5, 5.41) is 25.3. The highest BCUT2D eigenvalue weighted by Gasteiger charge is 2.44. The number of nitrogens with zero attached hydrogens (tertiary/aromatic N) is 1. The number of ether oxygens (including phenoxy) is 2. The summed E-state index contributed by atoms with van der Waals surface area (Å²) in [7, 11) is -4.34. The first-order valence-corrected chi connectivity index (χ1v) is 14.8. The summed E-state index contributed by atoms with van der Waals surface area (Å²) < 4.78 is 38.1. The van der Waals surface area contributed by atoms with Crippen LogP contribution in [0.4, 0.5) is 0 Å². The number of nitrogens with two attached hydrogens (primary N) is 1. The Labute approximate surface area is 243 Å². The molecule has 1 aliphatic heterocycles. The van der Waals surface area contributed by atoms with Gasteiger partial charge in [-0.1, -0.05) is 57.2 Å². The number of aliphatic hydroxyl groups is 2. The van der Waals surface area contributed by atoms with Crippen molar-refractivity contribution >= 4 is 36.3 Å². The molecule has 0 saturated heterocycles. The number of aromatic nitrogens is 1. The Balaban J connectivity index is 1.55. The van der Waals surface area contributed by atoms with Gasteiger partial charge < -0.3 is 29.9 Å². The van der Waals surface area contributed by atoms with Crippen LogP contribution in [0.2, 0.25) is 0 Å². The van der Waals surface area contributed by atoms with Crippen LogP contribution in [0.15, 0.2) is 72.8 Å². The van der Waals surface area contributed by atoms with E-state index < -0.39 is 50.2 Å². The van der Waals surface area contributed by atoms with E-state index in [1.54, 1.807) is 24.3 Å². The molecule has 42 heavy (non-hydrogen) atoms. The molecule has 0 saturated carbocycles. The number of nitrogens with one attached hydrogen (secondary N) is 1. The van der Waals surface area contributed by atoms with Crippen LogP contribution in [0.3, 0.4) is 0 Å². The molecule has 13 heteroatoms. The molecular formula is C29H35N3O9P+. The van der Waals surface area contributed by atoms with E-state index in [2.05, 4.69) is 5.09 Å². The van der Waals surface area contributed by atoms with E-state index in [0.29, 0.717) is 5.39 Å². The SMILES string of the molecule is C[C@H](NP(=O)(OC[C@H]1OC([n+]2cccc(C(N)=O)c2)=C(O)C1O)Oc1cccc2ccccc12)C(=O)OCC(C)(C)C. The second-order valence-corrected chi connectivity index (χ2v) is 12.7. The van der Waals surface area contributed by atoms with Gasteiger partial charge >= 0.3 is 19.6 Å². The molecule has 224 valence electrons. The number of primary amides is 1. The molecule has 2 heterocycles. The van der Waals surface area contributed by atoms with E-state index in [-0.39, 0.29) is 29.2 Å². The minimum absolute atomic E-state index is 0.137. The third kappa shape index (κ3) is 7.46. The number of fused-ring (bicyclic) bond motifs is 1. The Kier molecular flexibility index (Phi) is 9.22. The molecule has 0 fully saturated rings. The molecule has 0 bridgehead atoms. The van der Waals surface area contributed by atoms with Crippen molar-refractivity contribution in [3.05, 3.63) is 78.3 Å². The van der Waals surface area contributed by atoms with Crippen molar-refractivity contribution in [1.29, 1.82) is 0 Å². The predicted octanol–water partition coefficient (Wildman–Crippen LogP) is 3.44. The van der Waals surface area contributed by atoms with Gasteiger partial charge in [-0.2, -0.15) is 5.09 Å². The summed E-state index contributed by atoms with van der Waals surface area (Å²) in [5.74, 6) is -1.84. The largest absolute Gasteiger partial charge is 0.502 e. The number of rotatable bonds is 11. The zero-order valence-corrected chi connectivity index (χ0v) is 24.6. The van der Waals surface area contributed by atoms with E-state index in [4.69, 9.17) is 24.3 Å². The van der Waals surface area contributed by atoms with Gasteiger partial charge in [0.2, 0.25) is 5.76 Å². The lowest BCUT2D eigenvalue weighted by molar-refractivity contribution is -0.602. The molecule has 2 unspecified atom stereocenters. The van der Waals surface area contributed by atoms with E-state index in [9.17, 15) is 24.4 Å². The van der Waals surface area contributed by atoms with Gasteiger partial charge in [-0.3, -0.25) is 14.1 Å². The standard InChI is InChI=1S/C29H34N3O9P/c1-18(28(36)38-17-29(2,3)4)31-42(37,41-22-13-7-10-19-9-5-6-12-21(19)22)39-16-23-24(33)25(34)27(40-23)32-14-8-11-20(15-32)26(30)35/h5-15,18,23-24,33H,16-17H2,1-4H3,(H3-,30,31,34,35,37)/p+1/t18-,23+,24?,42?/m0/s1. The van der Waals surface area contributed by atoms with Crippen LogP contribution >= 0.6 is 7.75 Å². The number of carbonyl (C=O) groups excluding carboxylic acids is 2. The van der Waals surface area contributed by atoms with Gasteiger partial charge in [-0.15, -0.1) is 4.57 Å². The Morgan fingerprint density at radius 1 is 1.14 bits per heavy atom. The fraction of sp³-hybridized carbons (Fsp3) is 0.345. The van der Waals surface area contributed by atoms with Gasteiger partial charge in [0.25, 0.3) is 5.91 Å². The van der Waals surface area contributed by atoms with E-state index >= 15 is 0 Å². The number of amides is 1. The first kappa shape index (κ1) is 31.0. The molecule has 4 atom stereocenters. The predicted molar refractivity (Wildman–Crippen MR) is 153 cm³/mol. The number of pyridine rings is 1. The molecule has 3 aromatic rings. The topological polar surface area (TPSA) is 171 Å². The summed E-state index contributed by atoms with van der Waals surface area (Å²) in [5.41, 5.74) is 5.19. The number of esters is 1. The maximum atomic E-state index is 14.1. The van der Waals surface area contributed by atoms with Crippen molar-refractivity contribution in [3.63, 3.8) is 0 Å². The molecule has 0 aliphatic carbocycles. The van der Waals surface area contributed by atoms with Gasteiger partial charge in [0.1, 0.15) is 17.4 Å². The molecule has 0 radical (unpaired) electrons. The van der Waals surface area contributed by atoms with Crippen LogP contribution in [0.5, 0.6) is 5.75 Å². The quantitative estimate of drug-likeness (QED) is 0.145. The summed E-state index contributed by atoms with van der Waals surface area (Å²) in [6, 6.07) is 14.4. The van der Waals surface area contributed by atoms with Gasteiger partial charge in [-0.05, 0) is 29.9 Å². The molecule has 2 aromatic carbocycles. The Morgan fingerprint density at radius 2 is 1.86 bits per heavy atom. The highest BCUT2D eigenvalue weighted by atomic mass is 31.2. The first-order chi connectivity index (χ1) is 19.8. The Hall–Kier alpha value is -3.96. The molecule has 1 amide bonds. The highest BCUT2D eigenvalue weighted by Crippen LogP contribution is 2.47. The zero-order valence-electron chi connectivity index (χ0n) is 23.7. The lowest BCUT2D eigenvalue weighted by atomic mass is 9.99. The molecule has 5 N–H and O–H groups in total. The third-order valence-corrected chi connectivity index (χ3v) is 7.79. The monoisotopic (exact) mass is 600 g/mol. The van der Waals surface area contributed by atoms with E-state index in [1.165, 1.54) is 36.0 Å². The second kappa shape index (κ2) is 12.5. The van der Waals surface area contributed by atoms with Gasteiger partial charge in [-0.25, -0.2) is 4.57 Å². The number of hydrogen-bond acceptors (Lipinski definition) is 9. The zero-order chi connectivity index (χ0) is 30.7. The minimum atomic E-state index is -4.34. The molecule has 1 aromatic heterocycles. The minimum Gasteiger partial charge on any atom is -0.502 e. The van der Waals surface area contributed by atoms with Crippen molar-refractivity contribution in [1.82, 2.24) is 5.09 Å². The number of benzene rings is 2. The van der Waals surface area contributed by atoms with Crippen molar-refractivity contribution < 1.29 is 47.5 Å². The number of aliphatic hydroxyl groups excluding tert-OH is 2. The van der Waals surface area contributed by atoms with Crippen LogP contribution in [0.25, 0.3) is 16.7 Å². The lowest BCUT2D eigenvalue weighted by Crippen LogP contribution is -2.38. The van der Waals surface area contributed by atoms with Crippen molar-refractivity contribution in [3.8, 4) is 5.75 Å². The Bertz CT molecular complexity index is 1550. The van der Waals surface area contributed by atoms with Gasteiger partial charge in [0.15, 0.2) is 24.6 Å². The van der Waals surface area contributed by atoms with Crippen LogP contribution < -0.4 is 19.9 Å². The molecular weight excluding hydrogens is 565 g/mol. The van der Waals surface area contributed by atoms with E-state index in [0.717, 1.165) is 5.39 Å². The maximum absolute atomic E-state index is 14.1. The van der Waals surface area contributed by atoms with Crippen molar-refractivity contribution in [2.75, 3.05) is 13.2 Å². The van der Waals surface area contributed by atoms with Gasteiger partial charge in [0, 0.05) is 11.5 Å². The summed E-state index contributed by atoms with van der Waals surface area (Å²) in [4.78, 5) is 24.3. The maximum Gasteiger partial charge on any atom is 0.459 e. The normalized spacial score (nSPS) is 19.2.